The SMILES string of the molecule is CSc1ccc(CNC(=O)c2cc3c(s2)CN(C(C)C)C3)cc1. The largest absolute Gasteiger partial charge is 0.347 e. The van der Waals surface area contributed by atoms with Crippen molar-refractivity contribution in [3.63, 3.8) is 0 Å². The second-order valence-electron chi connectivity index (χ2n) is 6.09. The number of hydrogen-bond donors (Lipinski definition) is 1. The first-order chi connectivity index (χ1) is 11.1. The molecule has 0 aliphatic carbocycles. The van der Waals surface area contributed by atoms with Crippen LogP contribution in [0, 0.1) is 0 Å². The molecule has 0 fully saturated rings. The van der Waals surface area contributed by atoms with Crippen LogP contribution in [0.5, 0.6) is 0 Å². The van der Waals surface area contributed by atoms with Gasteiger partial charge in [0.1, 0.15) is 0 Å². The molecule has 3 nitrogen and oxygen atoms in total. The predicted octanol–water partition coefficient (Wildman–Crippen LogP) is 4.12. The number of nitrogens with one attached hydrogen (secondary N) is 1. The Bertz CT molecular complexity index is 668. The Morgan fingerprint density at radius 3 is 2.65 bits per heavy atom. The van der Waals surface area contributed by atoms with Gasteiger partial charge in [-0.05, 0) is 49.4 Å². The molecule has 2 heterocycles. The molecule has 3 rings (SSSR count). The quantitative estimate of drug-likeness (QED) is 0.827. The molecular weight excluding hydrogens is 324 g/mol. The summed E-state index contributed by atoms with van der Waals surface area (Å²) in [6.07, 6.45) is 2.06. The van der Waals surface area contributed by atoms with E-state index in [2.05, 4.69) is 60.7 Å². The van der Waals surface area contributed by atoms with E-state index in [-0.39, 0.29) is 5.91 Å². The highest BCUT2D eigenvalue weighted by Crippen LogP contribution is 2.32. The van der Waals surface area contributed by atoms with Gasteiger partial charge in [-0.2, -0.15) is 0 Å². The van der Waals surface area contributed by atoms with Crippen LogP contribution in [-0.4, -0.2) is 23.1 Å². The van der Waals surface area contributed by atoms with Crippen molar-refractivity contribution in [2.45, 2.75) is 44.4 Å². The molecule has 1 amide bonds. The molecule has 0 radical (unpaired) electrons. The van der Waals surface area contributed by atoms with Crippen molar-refractivity contribution in [3.05, 3.63) is 51.2 Å². The van der Waals surface area contributed by atoms with Crippen LogP contribution in [0.1, 0.15) is 39.5 Å². The highest BCUT2D eigenvalue weighted by atomic mass is 32.2. The Kier molecular flexibility index (Phi) is 5.09. The molecule has 1 aliphatic heterocycles. The fraction of sp³-hybridized carbons (Fsp3) is 0.389. The summed E-state index contributed by atoms with van der Waals surface area (Å²) in [6.45, 7) is 6.95. The first-order valence-corrected chi connectivity index (χ1v) is 9.87. The summed E-state index contributed by atoms with van der Waals surface area (Å²) in [4.78, 5) is 18.2. The van der Waals surface area contributed by atoms with Gasteiger partial charge >= 0.3 is 0 Å². The zero-order valence-corrected chi connectivity index (χ0v) is 15.4. The fourth-order valence-corrected chi connectivity index (χ4v) is 4.21. The second kappa shape index (κ2) is 7.07. The minimum atomic E-state index is 0.0365. The maximum atomic E-state index is 12.3. The molecule has 1 aromatic carbocycles. The number of benzene rings is 1. The summed E-state index contributed by atoms with van der Waals surface area (Å²) in [5.74, 6) is 0.0365. The van der Waals surface area contributed by atoms with Gasteiger partial charge in [0.05, 0.1) is 4.88 Å². The number of carbonyl (C=O) groups is 1. The molecule has 5 heteroatoms. The summed E-state index contributed by atoms with van der Waals surface area (Å²) >= 11 is 3.36. The number of thioether (sulfide) groups is 1. The summed E-state index contributed by atoms with van der Waals surface area (Å²) in [5.41, 5.74) is 2.45. The van der Waals surface area contributed by atoms with Crippen LogP contribution in [0.25, 0.3) is 0 Å². The van der Waals surface area contributed by atoms with Crippen LogP contribution < -0.4 is 5.32 Å². The molecule has 1 N–H and O–H groups in total. The smallest absolute Gasteiger partial charge is 0.261 e. The van der Waals surface area contributed by atoms with Gasteiger partial charge in [0.15, 0.2) is 0 Å². The standard InChI is InChI=1S/C18H22N2OS2/c1-12(2)20-10-14-8-16(23-17(14)11-20)18(21)19-9-13-4-6-15(22-3)7-5-13/h4-8,12H,9-11H2,1-3H3,(H,19,21). The summed E-state index contributed by atoms with van der Waals surface area (Å²) in [5, 5.41) is 3.03. The van der Waals surface area contributed by atoms with Crippen molar-refractivity contribution in [1.82, 2.24) is 10.2 Å². The Labute approximate surface area is 146 Å². The van der Waals surface area contributed by atoms with Crippen molar-refractivity contribution in [3.8, 4) is 0 Å². The Morgan fingerprint density at radius 2 is 2.04 bits per heavy atom. The van der Waals surface area contributed by atoms with Crippen molar-refractivity contribution in [2.24, 2.45) is 0 Å². The first kappa shape index (κ1) is 16.6. The first-order valence-electron chi connectivity index (χ1n) is 7.83. The number of amides is 1. The summed E-state index contributed by atoms with van der Waals surface area (Å²) in [6, 6.07) is 10.9. The number of rotatable bonds is 5. The van der Waals surface area contributed by atoms with E-state index in [4.69, 9.17) is 0 Å². The third-order valence-corrected chi connectivity index (χ3v) is 6.09. The van der Waals surface area contributed by atoms with Gasteiger partial charge < -0.3 is 5.32 Å². The third-order valence-electron chi connectivity index (χ3n) is 4.18. The maximum Gasteiger partial charge on any atom is 0.261 e. The normalized spacial score (nSPS) is 14.3. The Balaban J connectivity index is 1.58. The van der Waals surface area contributed by atoms with Gasteiger partial charge in [0.2, 0.25) is 0 Å². The Hall–Kier alpha value is -1.30. The van der Waals surface area contributed by atoms with Crippen LogP contribution in [-0.2, 0) is 19.6 Å². The van der Waals surface area contributed by atoms with Gasteiger partial charge in [-0.3, -0.25) is 9.69 Å². The van der Waals surface area contributed by atoms with E-state index < -0.39 is 0 Å². The van der Waals surface area contributed by atoms with Gasteiger partial charge in [-0.15, -0.1) is 23.1 Å². The number of hydrogen-bond acceptors (Lipinski definition) is 4. The summed E-state index contributed by atoms with van der Waals surface area (Å²) < 4.78 is 0. The molecule has 0 unspecified atom stereocenters. The minimum absolute atomic E-state index is 0.0365. The Morgan fingerprint density at radius 1 is 1.30 bits per heavy atom. The molecule has 0 saturated heterocycles. The van der Waals surface area contributed by atoms with E-state index >= 15 is 0 Å². The van der Waals surface area contributed by atoms with E-state index in [0.717, 1.165) is 23.5 Å². The van der Waals surface area contributed by atoms with E-state index in [1.165, 1.54) is 15.3 Å². The van der Waals surface area contributed by atoms with Gasteiger partial charge in [-0.25, -0.2) is 0 Å². The number of nitrogens with zero attached hydrogens (tertiary/aromatic N) is 1. The van der Waals surface area contributed by atoms with Crippen LogP contribution in [0.3, 0.4) is 0 Å². The fourth-order valence-electron chi connectivity index (χ4n) is 2.68. The monoisotopic (exact) mass is 346 g/mol. The second-order valence-corrected chi connectivity index (χ2v) is 8.10. The molecule has 0 atom stereocenters. The van der Waals surface area contributed by atoms with Gasteiger partial charge in [0, 0.05) is 35.4 Å². The minimum Gasteiger partial charge on any atom is -0.347 e. The van der Waals surface area contributed by atoms with Crippen LogP contribution >= 0.6 is 23.1 Å². The molecule has 2 aromatic rings. The molecular formula is C18H22N2OS2. The predicted molar refractivity (Wildman–Crippen MR) is 98.1 cm³/mol. The summed E-state index contributed by atoms with van der Waals surface area (Å²) in [7, 11) is 0. The highest BCUT2D eigenvalue weighted by Gasteiger charge is 2.25. The molecule has 23 heavy (non-hydrogen) atoms. The number of fused-ring (bicyclic) bond motifs is 1. The van der Waals surface area contributed by atoms with E-state index in [1.54, 1.807) is 23.1 Å². The van der Waals surface area contributed by atoms with Gasteiger partial charge in [0.25, 0.3) is 5.91 Å². The average molecular weight is 347 g/mol. The zero-order valence-electron chi connectivity index (χ0n) is 13.8. The number of thiophene rings is 1. The van der Waals surface area contributed by atoms with E-state index in [1.807, 2.05) is 0 Å². The lowest BCUT2D eigenvalue weighted by molar-refractivity contribution is 0.0955. The molecule has 122 valence electrons. The number of carbonyl (C=O) groups excluding carboxylic acids is 1. The van der Waals surface area contributed by atoms with Crippen LogP contribution in [0.4, 0.5) is 0 Å². The molecule has 0 spiro atoms. The van der Waals surface area contributed by atoms with Crippen molar-refractivity contribution >= 4 is 29.0 Å². The molecule has 0 saturated carbocycles. The maximum absolute atomic E-state index is 12.3. The van der Waals surface area contributed by atoms with Crippen molar-refractivity contribution < 1.29 is 4.79 Å². The molecule has 1 aromatic heterocycles. The van der Waals surface area contributed by atoms with E-state index in [0.29, 0.717) is 12.6 Å². The average Bonchev–Trinajstić information content (AvgIpc) is 3.12. The lowest BCUT2D eigenvalue weighted by Crippen LogP contribution is -2.25. The van der Waals surface area contributed by atoms with E-state index in [9.17, 15) is 4.79 Å². The lowest BCUT2D eigenvalue weighted by Gasteiger charge is -2.19. The third kappa shape index (κ3) is 3.79. The zero-order chi connectivity index (χ0) is 16.4. The lowest BCUT2D eigenvalue weighted by atomic mass is 10.2. The van der Waals surface area contributed by atoms with Crippen LogP contribution in [0.15, 0.2) is 35.2 Å². The highest BCUT2D eigenvalue weighted by molar-refractivity contribution is 7.98. The van der Waals surface area contributed by atoms with Gasteiger partial charge in [-0.1, -0.05) is 12.1 Å². The topological polar surface area (TPSA) is 32.3 Å². The van der Waals surface area contributed by atoms with Crippen molar-refractivity contribution in [1.29, 1.82) is 0 Å². The van der Waals surface area contributed by atoms with Crippen LogP contribution in [0.2, 0.25) is 0 Å². The molecule has 0 bridgehead atoms. The van der Waals surface area contributed by atoms with Crippen molar-refractivity contribution in [2.75, 3.05) is 6.26 Å². The molecule has 1 aliphatic rings.